The van der Waals surface area contributed by atoms with E-state index in [1.165, 1.54) is 15.9 Å². The largest absolute Gasteiger partial charge is 0.481 e. The van der Waals surface area contributed by atoms with Gasteiger partial charge in [0.05, 0.1) is 5.92 Å². The van der Waals surface area contributed by atoms with Crippen LogP contribution >= 0.6 is 11.3 Å². The number of aliphatic carboxylic acids is 1. The number of hydrogen-bond donors (Lipinski definition) is 1. The maximum atomic E-state index is 12.0. The van der Waals surface area contributed by atoms with Gasteiger partial charge in [-0.3, -0.25) is 4.79 Å². The molecule has 0 aromatic carbocycles. The average molecular weight is 279 g/mol. The molecule has 1 atom stereocenters. The van der Waals surface area contributed by atoms with Gasteiger partial charge in [-0.1, -0.05) is 0 Å². The molecule has 19 heavy (non-hydrogen) atoms. The Hall–Kier alpha value is -2.02. The Kier molecular flexibility index (Phi) is 3.48. The van der Waals surface area contributed by atoms with E-state index in [-0.39, 0.29) is 0 Å². The second-order valence-electron chi connectivity index (χ2n) is 4.19. The fourth-order valence-electron chi connectivity index (χ4n) is 2.08. The van der Waals surface area contributed by atoms with Crippen LogP contribution in [0.5, 0.6) is 0 Å². The summed E-state index contributed by atoms with van der Waals surface area (Å²) in [7, 11) is 0. The Labute approximate surface area is 113 Å². The third-order valence-electron chi connectivity index (χ3n) is 2.98. The highest BCUT2D eigenvalue weighted by Gasteiger charge is 2.23. The molecule has 2 heterocycles. The molecule has 7 heteroatoms. The van der Waals surface area contributed by atoms with Crippen molar-refractivity contribution in [3.8, 4) is 5.13 Å². The van der Waals surface area contributed by atoms with Crippen molar-refractivity contribution >= 4 is 17.3 Å². The summed E-state index contributed by atoms with van der Waals surface area (Å²) in [5.41, 5.74) is 1.14. The van der Waals surface area contributed by atoms with E-state index < -0.39 is 17.6 Å². The normalized spacial score (nSPS) is 12.4. The molecular formula is C12H13N3O3S. The van der Waals surface area contributed by atoms with Gasteiger partial charge in [-0.2, -0.15) is 4.98 Å². The number of aromatic nitrogens is 3. The van der Waals surface area contributed by atoms with E-state index in [9.17, 15) is 9.59 Å². The van der Waals surface area contributed by atoms with Crippen LogP contribution in [0.25, 0.3) is 5.13 Å². The summed E-state index contributed by atoms with van der Waals surface area (Å²) >= 11 is 1.30. The Morgan fingerprint density at radius 2 is 2.16 bits per heavy atom. The van der Waals surface area contributed by atoms with Gasteiger partial charge in [-0.05, 0) is 20.8 Å². The number of carboxylic acids is 1. The summed E-state index contributed by atoms with van der Waals surface area (Å²) in [6, 6.07) is 0. The maximum Gasteiger partial charge on any atom is 0.354 e. The number of rotatable bonds is 3. The van der Waals surface area contributed by atoms with Crippen LogP contribution in [0.1, 0.15) is 29.8 Å². The summed E-state index contributed by atoms with van der Waals surface area (Å²) in [5.74, 6) is -1.67. The number of carbonyl (C=O) groups is 1. The Morgan fingerprint density at radius 1 is 1.47 bits per heavy atom. The third kappa shape index (κ3) is 2.28. The van der Waals surface area contributed by atoms with Crippen LogP contribution in [0.15, 0.2) is 16.4 Å². The molecule has 2 aromatic heterocycles. The molecule has 0 bridgehead atoms. The van der Waals surface area contributed by atoms with Gasteiger partial charge < -0.3 is 5.11 Å². The lowest BCUT2D eigenvalue weighted by Gasteiger charge is -2.16. The first-order valence-electron chi connectivity index (χ1n) is 5.66. The van der Waals surface area contributed by atoms with Crippen LogP contribution in [-0.4, -0.2) is 25.6 Å². The molecule has 0 aliphatic heterocycles. The lowest BCUT2D eigenvalue weighted by atomic mass is 9.98. The van der Waals surface area contributed by atoms with Gasteiger partial charge in [-0.25, -0.2) is 14.3 Å². The monoisotopic (exact) mass is 279 g/mol. The molecule has 0 saturated heterocycles. The molecule has 0 fully saturated rings. The minimum Gasteiger partial charge on any atom is -0.481 e. The number of carboxylic acid groups (broad SMARTS) is 1. The number of aryl methyl sites for hydroxylation is 1. The predicted molar refractivity (Wildman–Crippen MR) is 71.0 cm³/mol. The van der Waals surface area contributed by atoms with E-state index in [0.29, 0.717) is 22.1 Å². The van der Waals surface area contributed by atoms with E-state index >= 15 is 0 Å². The number of thiazole rings is 1. The van der Waals surface area contributed by atoms with E-state index in [1.54, 1.807) is 32.3 Å². The molecule has 6 nitrogen and oxygen atoms in total. The third-order valence-corrected chi connectivity index (χ3v) is 3.74. The van der Waals surface area contributed by atoms with Crippen LogP contribution in [-0.2, 0) is 4.79 Å². The summed E-state index contributed by atoms with van der Waals surface area (Å²) in [6.45, 7) is 4.94. The zero-order valence-corrected chi connectivity index (χ0v) is 11.6. The Bertz CT molecular complexity index is 676. The van der Waals surface area contributed by atoms with Crippen molar-refractivity contribution in [1.82, 2.24) is 14.5 Å². The quantitative estimate of drug-likeness (QED) is 0.920. The minimum atomic E-state index is -0.947. The Morgan fingerprint density at radius 3 is 2.68 bits per heavy atom. The summed E-state index contributed by atoms with van der Waals surface area (Å²) in [4.78, 5) is 31.1. The van der Waals surface area contributed by atoms with Gasteiger partial charge in [0.1, 0.15) is 0 Å². The van der Waals surface area contributed by atoms with Gasteiger partial charge >= 0.3 is 11.7 Å². The van der Waals surface area contributed by atoms with Gasteiger partial charge in [-0.15, -0.1) is 11.3 Å². The van der Waals surface area contributed by atoms with Crippen LogP contribution in [0, 0.1) is 13.8 Å². The van der Waals surface area contributed by atoms with E-state index in [2.05, 4.69) is 9.97 Å². The highest BCUT2D eigenvalue weighted by Crippen LogP contribution is 2.23. The first-order chi connectivity index (χ1) is 8.93. The van der Waals surface area contributed by atoms with Crippen LogP contribution < -0.4 is 5.69 Å². The van der Waals surface area contributed by atoms with Crippen molar-refractivity contribution in [3.63, 3.8) is 0 Å². The van der Waals surface area contributed by atoms with Crippen LogP contribution in [0.3, 0.4) is 0 Å². The molecule has 100 valence electrons. The molecule has 0 aliphatic rings. The topological polar surface area (TPSA) is 85.1 Å². The molecule has 0 radical (unpaired) electrons. The first-order valence-corrected chi connectivity index (χ1v) is 6.54. The minimum absolute atomic E-state index is 0.439. The van der Waals surface area contributed by atoms with Gasteiger partial charge in [0.2, 0.25) is 0 Å². The smallest absolute Gasteiger partial charge is 0.354 e. The van der Waals surface area contributed by atoms with E-state index in [4.69, 9.17) is 5.11 Å². The summed E-state index contributed by atoms with van der Waals surface area (Å²) in [6.07, 6.45) is 1.59. The number of nitrogens with zero attached hydrogens (tertiary/aromatic N) is 3. The van der Waals surface area contributed by atoms with Crippen molar-refractivity contribution in [1.29, 1.82) is 0 Å². The predicted octanol–water partition coefficient (Wildman–Crippen LogP) is 1.49. The van der Waals surface area contributed by atoms with E-state index in [0.717, 1.165) is 0 Å². The van der Waals surface area contributed by atoms with Crippen molar-refractivity contribution in [2.75, 3.05) is 0 Å². The lowest BCUT2D eigenvalue weighted by molar-refractivity contribution is -0.138. The van der Waals surface area contributed by atoms with Crippen molar-refractivity contribution < 1.29 is 9.90 Å². The van der Waals surface area contributed by atoms with Crippen LogP contribution in [0.2, 0.25) is 0 Å². The molecule has 0 spiro atoms. The SMILES string of the molecule is Cc1nc(=O)n(-c2nccs2)c(C)c1C(C)C(=O)O. The standard InChI is InChI=1S/C12H13N3O3S/c1-6(10(16)17)9-7(2)14-11(18)15(8(9)3)12-13-4-5-19-12/h4-6H,1-3H3,(H,16,17). The molecular weight excluding hydrogens is 266 g/mol. The van der Waals surface area contributed by atoms with Gasteiger partial charge in [0, 0.05) is 28.5 Å². The maximum absolute atomic E-state index is 12.0. The van der Waals surface area contributed by atoms with Crippen molar-refractivity contribution in [3.05, 3.63) is 39.0 Å². The molecule has 0 aliphatic carbocycles. The fourth-order valence-corrected chi connectivity index (χ4v) is 2.77. The summed E-state index contributed by atoms with van der Waals surface area (Å²) in [5, 5.41) is 11.4. The molecule has 0 saturated carbocycles. The Balaban J connectivity index is 2.74. The zero-order valence-electron chi connectivity index (χ0n) is 10.7. The van der Waals surface area contributed by atoms with Crippen molar-refractivity contribution in [2.24, 2.45) is 0 Å². The van der Waals surface area contributed by atoms with Gasteiger partial charge in [0.15, 0.2) is 5.13 Å². The molecule has 1 N–H and O–H groups in total. The highest BCUT2D eigenvalue weighted by molar-refractivity contribution is 7.12. The van der Waals surface area contributed by atoms with Crippen molar-refractivity contribution in [2.45, 2.75) is 26.7 Å². The molecule has 2 aromatic rings. The van der Waals surface area contributed by atoms with E-state index in [1.807, 2.05) is 0 Å². The fraction of sp³-hybridized carbons (Fsp3) is 0.333. The first kappa shape index (κ1) is 13.4. The lowest BCUT2D eigenvalue weighted by Crippen LogP contribution is -2.28. The second-order valence-corrected chi connectivity index (χ2v) is 5.06. The molecule has 1 unspecified atom stereocenters. The average Bonchev–Trinajstić information content (AvgIpc) is 2.81. The summed E-state index contributed by atoms with van der Waals surface area (Å²) < 4.78 is 1.35. The highest BCUT2D eigenvalue weighted by atomic mass is 32.1. The zero-order chi connectivity index (χ0) is 14.2. The van der Waals surface area contributed by atoms with Gasteiger partial charge in [0.25, 0.3) is 0 Å². The second kappa shape index (κ2) is 4.93. The van der Waals surface area contributed by atoms with Crippen LogP contribution in [0.4, 0.5) is 0 Å². The molecule has 2 rings (SSSR count). The molecule has 0 amide bonds. The number of hydrogen-bond acceptors (Lipinski definition) is 5.